The second-order valence-electron chi connectivity index (χ2n) is 11.7. The van der Waals surface area contributed by atoms with E-state index in [2.05, 4.69) is 29.4 Å². The van der Waals surface area contributed by atoms with Gasteiger partial charge in [0.25, 0.3) is 0 Å². The first kappa shape index (κ1) is 32.5. The van der Waals surface area contributed by atoms with Gasteiger partial charge in [-0.25, -0.2) is 0 Å². The van der Waals surface area contributed by atoms with Crippen molar-refractivity contribution in [3.8, 4) is 0 Å². The SMILES string of the molecule is C/C(=C\[C@H](C(C)C)N(C)C(=O)[C@@H](NC(=O)[C@H]1CCCCN1C(C)C)C(C)C)C(=O)N[C@H](CO)c1ccccc1. The van der Waals surface area contributed by atoms with E-state index in [0.717, 1.165) is 31.4 Å². The van der Waals surface area contributed by atoms with Crippen LogP contribution in [0.15, 0.2) is 42.0 Å². The first-order chi connectivity index (χ1) is 18.4. The molecule has 0 spiro atoms. The summed E-state index contributed by atoms with van der Waals surface area (Å²) in [4.78, 5) is 44.0. The molecule has 1 aromatic carbocycles. The number of likely N-dealkylation sites (tertiary alicyclic amines) is 1. The summed E-state index contributed by atoms with van der Waals surface area (Å²) < 4.78 is 0. The van der Waals surface area contributed by atoms with Crippen molar-refractivity contribution in [3.63, 3.8) is 0 Å². The summed E-state index contributed by atoms with van der Waals surface area (Å²) in [5.74, 6) is -0.637. The number of aliphatic hydroxyl groups is 1. The van der Waals surface area contributed by atoms with Gasteiger partial charge < -0.3 is 20.6 Å². The Labute approximate surface area is 235 Å². The zero-order valence-electron chi connectivity index (χ0n) is 25.1. The third-order valence-corrected chi connectivity index (χ3v) is 7.69. The molecule has 0 aromatic heterocycles. The maximum Gasteiger partial charge on any atom is 0.247 e. The second-order valence-corrected chi connectivity index (χ2v) is 11.7. The summed E-state index contributed by atoms with van der Waals surface area (Å²) >= 11 is 0. The first-order valence-corrected chi connectivity index (χ1v) is 14.4. The Morgan fingerprint density at radius 2 is 1.67 bits per heavy atom. The van der Waals surface area contributed by atoms with Crippen molar-refractivity contribution in [2.24, 2.45) is 11.8 Å². The molecule has 4 atom stereocenters. The van der Waals surface area contributed by atoms with Crippen LogP contribution in [0, 0.1) is 11.8 Å². The lowest BCUT2D eigenvalue weighted by Crippen LogP contribution is -2.58. The summed E-state index contributed by atoms with van der Waals surface area (Å²) in [6, 6.07) is 7.81. The minimum atomic E-state index is -0.668. The molecule has 0 aliphatic carbocycles. The van der Waals surface area contributed by atoms with Gasteiger partial charge in [0.05, 0.1) is 24.7 Å². The number of benzene rings is 1. The lowest BCUT2D eigenvalue weighted by Gasteiger charge is -2.39. The van der Waals surface area contributed by atoms with Crippen LogP contribution in [-0.2, 0) is 14.4 Å². The van der Waals surface area contributed by atoms with E-state index in [-0.39, 0.29) is 54.3 Å². The fraction of sp³-hybridized carbons (Fsp3) is 0.645. The quantitative estimate of drug-likeness (QED) is 0.350. The van der Waals surface area contributed by atoms with Gasteiger partial charge in [-0.3, -0.25) is 19.3 Å². The van der Waals surface area contributed by atoms with Gasteiger partial charge in [0, 0.05) is 18.7 Å². The summed E-state index contributed by atoms with van der Waals surface area (Å²) in [5, 5.41) is 15.8. The van der Waals surface area contributed by atoms with Crippen LogP contribution in [0.4, 0.5) is 0 Å². The summed E-state index contributed by atoms with van der Waals surface area (Å²) in [6.45, 7) is 14.5. The Morgan fingerprint density at radius 1 is 1.03 bits per heavy atom. The number of carbonyl (C=O) groups is 3. The minimum absolute atomic E-state index is 0.0303. The predicted molar refractivity (Wildman–Crippen MR) is 156 cm³/mol. The topological polar surface area (TPSA) is 102 Å². The van der Waals surface area contributed by atoms with Crippen LogP contribution in [0.25, 0.3) is 0 Å². The molecule has 2 rings (SSSR count). The van der Waals surface area contributed by atoms with Crippen molar-refractivity contribution in [2.45, 2.75) is 97.9 Å². The van der Waals surface area contributed by atoms with Crippen LogP contribution in [0.3, 0.4) is 0 Å². The minimum Gasteiger partial charge on any atom is -0.394 e. The molecule has 1 fully saturated rings. The number of likely N-dealkylation sites (N-methyl/N-ethyl adjacent to an activating group) is 1. The van der Waals surface area contributed by atoms with Crippen molar-refractivity contribution >= 4 is 17.7 Å². The number of carbonyl (C=O) groups excluding carboxylic acids is 3. The van der Waals surface area contributed by atoms with Crippen molar-refractivity contribution < 1.29 is 19.5 Å². The summed E-state index contributed by atoms with van der Waals surface area (Å²) in [5.41, 5.74) is 1.28. The largest absolute Gasteiger partial charge is 0.394 e. The maximum atomic E-state index is 13.8. The van der Waals surface area contributed by atoms with Crippen LogP contribution >= 0.6 is 0 Å². The second kappa shape index (κ2) is 15.2. The van der Waals surface area contributed by atoms with E-state index < -0.39 is 12.1 Å². The third-order valence-electron chi connectivity index (χ3n) is 7.69. The van der Waals surface area contributed by atoms with E-state index >= 15 is 0 Å². The molecule has 1 heterocycles. The molecule has 8 nitrogen and oxygen atoms in total. The van der Waals surface area contributed by atoms with Crippen LogP contribution in [0.5, 0.6) is 0 Å². The molecule has 1 aromatic rings. The Balaban J connectivity index is 2.18. The molecule has 0 saturated carbocycles. The normalized spacial score (nSPS) is 19.1. The molecule has 39 heavy (non-hydrogen) atoms. The molecule has 1 aliphatic rings. The predicted octanol–water partition coefficient (Wildman–Crippen LogP) is 3.67. The van der Waals surface area contributed by atoms with Crippen LogP contribution in [0.2, 0.25) is 0 Å². The number of hydrogen-bond acceptors (Lipinski definition) is 5. The molecule has 3 amide bonds. The maximum absolute atomic E-state index is 13.8. The average Bonchev–Trinajstić information content (AvgIpc) is 2.92. The van der Waals surface area contributed by atoms with Crippen molar-refractivity contribution in [1.29, 1.82) is 0 Å². The number of amides is 3. The zero-order chi connectivity index (χ0) is 29.3. The van der Waals surface area contributed by atoms with Gasteiger partial charge in [0.1, 0.15) is 6.04 Å². The van der Waals surface area contributed by atoms with E-state index in [4.69, 9.17) is 0 Å². The number of aliphatic hydroxyl groups excluding tert-OH is 1. The molecule has 1 aliphatic heterocycles. The highest BCUT2D eigenvalue weighted by Crippen LogP contribution is 2.22. The molecular weight excluding hydrogens is 492 g/mol. The fourth-order valence-corrected chi connectivity index (χ4v) is 5.26. The van der Waals surface area contributed by atoms with E-state index in [1.807, 2.05) is 58.0 Å². The lowest BCUT2D eigenvalue weighted by molar-refractivity contribution is -0.140. The van der Waals surface area contributed by atoms with E-state index in [1.54, 1.807) is 24.9 Å². The zero-order valence-corrected chi connectivity index (χ0v) is 25.1. The van der Waals surface area contributed by atoms with E-state index in [1.165, 1.54) is 0 Å². The summed E-state index contributed by atoms with van der Waals surface area (Å²) in [7, 11) is 1.73. The molecule has 1 saturated heterocycles. The van der Waals surface area contributed by atoms with Gasteiger partial charge in [-0.2, -0.15) is 0 Å². The van der Waals surface area contributed by atoms with Crippen LogP contribution < -0.4 is 10.6 Å². The van der Waals surface area contributed by atoms with Crippen LogP contribution in [-0.4, -0.2) is 77.0 Å². The van der Waals surface area contributed by atoms with Crippen molar-refractivity contribution in [3.05, 3.63) is 47.5 Å². The standard InChI is InChI=1S/C31H50N4O4/c1-20(2)27(18-23(7)29(37)32-25(19-36)24-14-10-9-11-15-24)34(8)31(39)28(21(3)4)33-30(38)26-16-12-13-17-35(26)22(5)6/h9-11,14-15,18,20-22,25-28,36H,12-13,16-17,19H2,1-8H3,(H,32,37)(H,33,38)/b23-18+/t25-,26-,27-,28+/m1/s1. The van der Waals surface area contributed by atoms with Crippen molar-refractivity contribution in [2.75, 3.05) is 20.2 Å². The van der Waals surface area contributed by atoms with E-state index in [0.29, 0.717) is 5.57 Å². The van der Waals surface area contributed by atoms with Gasteiger partial charge in [-0.15, -0.1) is 0 Å². The van der Waals surface area contributed by atoms with Gasteiger partial charge in [0.2, 0.25) is 17.7 Å². The monoisotopic (exact) mass is 542 g/mol. The Hall–Kier alpha value is -2.71. The van der Waals surface area contributed by atoms with Gasteiger partial charge >= 0.3 is 0 Å². The van der Waals surface area contributed by atoms with Crippen molar-refractivity contribution in [1.82, 2.24) is 20.4 Å². The Kier molecular flexibility index (Phi) is 12.6. The molecule has 0 bridgehead atoms. The molecular formula is C31H50N4O4. The molecule has 8 heteroatoms. The number of hydrogen-bond donors (Lipinski definition) is 3. The number of rotatable bonds is 12. The number of nitrogens with zero attached hydrogens (tertiary/aromatic N) is 2. The van der Waals surface area contributed by atoms with E-state index in [9.17, 15) is 19.5 Å². The highest BCUT2D eigenvalue weighted by Gasteiger charge is 2.36. The van der Waals surface area contributed by atoms with Crippen LogP contribution in [0.1, 0.15) is 79.3 Å². The summed E-state index contributed by atoms with van der Waals surface area (Å²) in [6.07, 6.45) is 4.68. The Morgan fingerprint density at radius 3 is 2.21 bits per heavy atom. The fourth-order valence-electron chi connectivity index (χ4n) is 5.26. The molecule has 0 radical (unpaired) electrons. The average molecular weight is 543 g/mol. The Bertz CT molecular complexity index is 976. The highest BCUT2D eigenvalue weighted by molar-refractivity contribution is 5.93. The molecule has 3 N–H and O–H groups in total. The third kappa shape index (κ3) is 8.90. The number of piperidine rings is 1. The van der Waals surface area contributed by atoms with Gasteiger partial charge in [0.15, 0.2) is 0 Å². The lowest BCUT2D eigenvalue weighted by atomic mass is 9.95. The number of nitrogens with one attached hydrogen (secondary N) is 2. The van der Waals surface area contributed by atoms with Gasteiger partial charge in [-0.1, -0.05) is 70.5 Å². The van der Waals surface area contributed by atoms with Gasteiger partial charge in [-0.05, 0) is 57.6 Å². The molecule has 0 unspecified atom stereocenters. The first-order valence-electron chi connectivity index (χ1n) is 14.4. The molecule has 218 valence electrons. The smallest absolute Gasteiger partial charge is 0.247 e. The highest BCUT2D eigenvalue weighted by atomic mass is 16.3.